The molecule has 0 heterocycles. The highest BCUT2D eigenvalue weighted by Gasteiger charge is 1.98. The minimum Gasteiger partial charge on any atom is -0.339 e. The van der Waals surface area contributed by atoms with Crippen LogP contribution in [0.5, 0.6) is 0 Å². The Hall–Kier alpha value is -2.18. The van der Waals surface area contributed by atoms with E-state index in [9.17, 15) is 4.39 Å². The molecule has 0 spiro atoms. The van der Waals surface area contributed by atoms with Crippen molar-refractivity contribution in [2.75, 3.05) is 0 Å². The van der Waals surface area contributed by atoms with Crippen LogP contribution in [0.25, 0.3) is 0 Å². The molecular weight excluding hydrogens is 227 g/mol. The van der Waals surface area contributed by atoms with Gasteiger partial charge in [0.2, 0.25) is 0 Å². The van der Waals surface area contributed by atoms with Gasteiger partial charge in [0.1, 0.15) is 18.9 Å². The number of hydrogen-bond donors (Lipinski definition) is 1. The lowest BCUT2D eigenvalue weighted by Gasteiger charge is -2.02. The molecule has 0 aliphatic heterocycles. The highest BCUT2D eigenvalue weighted by Crippen LogP contribution is 2.02. The number of nitriles is 1. The monoisotopic (exact) mass is 241 g/mol. The molecular formula is C15H14FN2+. The zero-order valence-electron chi connectivity index (χ0n) is 9.94. The maximum atomic E-state index is 12.7. The Labute approximate surface area is 106 Å². The van der Waals surface area contributed by atoms with Crippen LogP contribution in [0.4, 0.5) is 4.39 Å². The number of halogens is 1. The molecule has 18 heavy (non-hydrogen) atoms. The Bertz CT molecular complexity index is 538. The zero-order valence-corrected chi connectivity index (χ0v) is 9.94. The zero-order chi connectivity index (χ0) is 12.8. The Balaban J connectivity index is 1.84. The Kier molecular flexibility index (Phi) is 4.06. The lowest BCUT2D eigenvalue weighted by atomic mass is 10.1. The molecule has 2 rings (SSSR count). The van der Waals surface area contributed by atoms with Gasteiger partial charge >= 0.3 is 0 Å². The summed E-state index contributed by atoms with van der Waals surface area (Å²) in [4.78, 5) is 0. The summed E-state index contributed by atoms with van der Waals surface area (Å²) < 4.78 is 12.7. The maximum Gasteiger partial charge on any atom is 0.123 e. The van der Waals surface area contributed by atoms with Gasteiger partial charge in [-0.1, -0.05) is 24.3 Å². The molecule has 2 N–H and O–H groups in total. The van der Waals surface area contributed by atoms with E-state index in [4.69, 9.17) is 5.26 Å². The summed E-state index contributed by atoms with van der Waals surface area (Å²) >= 11 is 0. The van der Waals surface area contributed by atoms with Gasteiger partial charge in [0, 0.05) is 11.1 Å². The van der Waals surface area contributed by atoms with E-state index in [-0.39, 0.29) is 5.82 Å². The second kappa shape index (κ2) is 5.95. The molecule has 0 aromatic heterocycles. The number of nitrogens with two attached hydrogens (primary N) is 1. The van der Waals surface area contributed by atoms with Gasteiger partial charge in [-0.15, -0.1) is 0 Å². The van der Waals surface area contributed by atoms with Gasteiger partial charge in [0.05, 0.1) is 11.6 Å². The van der Waals surface area contributed by atoms with E-state index in [1.54, 1.807) is 12.1 Å². The molecule has 2 aromatic rings. The Morgan fingerprint density at radius 1 is 0.889 bits per heavy atom. The standard InChI is InChI=1S/C15H13FN2/c16-15-7-5-14(6-8-15)11-18-10-13-3-1-12(9-17)2-4-13/h1-8,18H,10-11H2/p+1. The topological polar surface area (TPSA) is 40.4 Å². The van der Waals surface area contributed by atoms with Crippen molar-refractivity contribution < 1.29 is 9.71 Å². The predicted molar refractivity (Wildman–Crippen MR) is 66.9 cm³/mol. The van der Waals surface area contributed by atoms with E-state index < -0.39 is 0 Å². The van der Waals surface area contributed by atoms with Crippen LogP contribution in [-0.2, 0) is 13.1 Å². The van der Waals surface area contributed by atoms with Crippen LogP contribution >= 0.6 is 0 Å². The molecule has 0 aliphatic rings. The summed E-state index contributed by atoms with van der Waals surface area (Å²) in [6.45, 7) is 1.67. The molecule has 2 nitrogen and oxygen atoms in total. The minimum absolute atomic E-state index is 0.203. The first-order valence-electron chi connectivity index (χ1n) is 5.83. The van der Waals surface area contributed by atoms with E-state index in [1.807, 2.05) is 24.3 Å². The average molecular weight is 241 g/mol. The number of nitrogens with zero attached hydrogens (tertiary/aromatic N) is 1. The third-order valence-electron chi connectivity index (χ3n) is 2.76. The third kappa shape index (κ3) is 3.41. The van der Waals surface area contributed by atoms with Crippen LogP contribution in [0.15, 0.2) is 48.5 Å². The molecule has 2 aromatic carbocycles. The fraction of sp³-hybridized carbons (Fsp3) is 0.133. The lowest BCUT2D eigenvalue weighted by molar-refractivity contribution is -0.686. The molecule has 90 valence electrons. The summed E-state index contributed by atoms with van der Waals surface area (Å²) in [6, 6.07) is 16.2. The fourth-order valence-electron chi connectivity index (χ4n) is 1.74. The molecule has 0 unspecified atom stereocenters. The van der Waals surface area contributed by atoms with Crippen LogP contribution in [0.1, 0.15) is 16.7 Å². The number of benzene rings is 2. The molecule has 3 heteroatoms. The van der Waals surface area contributed by atoms with Gasteiger partial charge in [-0.05, 0) is 24.3 Å². The molecule has 0 saturated heterocycles. The van der Waals surface area contributed by atoms with Crippen molar-refractivity contribution >= 4 is 0 Å². The van der Waals surface area contributed by atoms with E-state index in [0.717, 1.165) is 18.7 Å². The van der Waals surface area contributed by atoms with Crippen LogP contribution in [0.2, 0.25) is 0 Å². The first-order chi connectivity index (χ1) is 8.78. The van der Waals surface area contributed by atoms with E-state index >= 15 is 0 Å². The third-order valence-corrected chi connectivity index (χ3v) is 2.76. The number of hydrogen-bond acceptors (Lipinski definition) is 1. The lowest BCUT2D eigenvalue weighted by Crippen LogP contribution is -2.80. The molecule has 0 atom stereocenters. The van der Waals surface area contributed by atoms with Gasteiger partial charge in [-0.25, -0.2) is 4.39 Å². The summed E-state index contributed by atoms with van der Waals surface area (Å²) in [5.41, 5.74) is 2.96. The molecule has 0 bridgehead atoms. The van der Waals surface area contributed by atoms with E-state index in [2.05, 4.69) is 11.4 Å². The van der Waals surface area contributed by atoms with Gasteiger partial charge in [0.15, 0.2) is 0 Å². The summed E-state index contributed by atoms with van der Waals surface area (Å²) in [6.07, 6.45) is 0. The molecule has 0 radical (unpaired) electrons. The predicted octanol–water partition coefficient (Wildman–Crippen LogP) is 1.96. The maximum absolute atomic E-state index is 12.7. The second-order valence-electron chi connectivity index (χ2n) is 4.13. The highest BCUT2D eigenvalue weighted by atomic mass is 19.1. The number of quaternary nitrogens is 1. The van der Waals surface area contributed by atoms with Crippen molar-refractivity contribution in [1.82, 2.24) is 0 Å². The molecule has 0 amide bonds. The van der Waals surface area contributed by atoms with Crippen LogP contribution in [0, 0.1) is 17.1 Å². The molecule has 0 saturated carbocycles. The van der Waals surface area contributed by atoms with Crippen molar-refractivity contribution in [3.63, 3.8) is 0 Å². The normalized spacial score (nSPS) is 10.0. The Morgan fingerprint density at radius 3 is 1.89 bits per heavy atom. The molecule has 0 aliphatic carbocycles. The van der Waals surface area contributed by atoms with E-state index in [1.165, 1.54) is 17.7 Å². The van der Waals surface area contributed by atoms with Crippen molar-refractivity contribution in [3.8, 4) is 6.07 Å². The largest absolute Gasteiger partial charge is 0.339 e. The SMILES string of the molecule is N#Cc1ccc(C[NH2+]Cc2ccc(F)cc2)cc1. The van der Waals surface area contributed by atoms with Gasteiger partial charge in [-0.2, -0.15) is 5.26 Å². The van der Waals surface area contributed by atoms with Crippen molar-refractivity contribution in [3.05, 3.63) is 71.0 Å². The van der Waals surface area contributed by atoms with Gasteiger partial charge < -0.3 is 5.32 Å². The first-order valence-corrected chi connectivity index (χ1v) is 5.83. The molecule has 0 fully saturated rings. The van der Waals surface area contributed by atoms with Crippen LogP contribution in [-0.4, -0.2) is 0 Å². The second-order valence-corrected chi connectivity index (χ2v) is 4.13. The minimum atomic E-state index is -0.203. The summed E-state index contributed by atoms with van der Waals surface area (Å²) in [7, 11) is 0. The van der Waals surface area contributed by atoms with Crippen molar-refractivity contribution in [1.29, 1.82) is 5.26 Å². The fourth-order valence-corrected chi connectivity index (χ4v) is 1.74. The average Bonchev–Trinajstić information content (AvgIpc) is 2.42. The van der Waals surface area contributed by atoms with E-state index in [0.29, 0.717) is 5.56 Å². The van der Waals surface area contributed by atoms with Gasteiger partial charge in [-0.3, -0.25) is 0 Å². The van der Waals surface area contributed by atoms with Crippen molar-refractivity contribution in [2.45, 2.75) is 13.1 Å². The summed E-state index contributed by atoms with van der Waals surface area (Å²) in [5, 5.41) is 10.8. The summed E-state index contributed by atoms with van der Waals surface area (Å²) in [5.74, 6) is -0.203. The van der Waals surface area contributed by atoms with Crippen LogP contribution < -0.4 is 5.32 Å². The highest BCUT2D eigenvalue weighted by molar-refractivity contribution is 5.31. The first kappa shape index (κ1) is 12.3. The van der Waals surface area contributed by atoms with Gasteiger partial charge in [0.25, 0.3) is 0 Å². The van der Waals surface area contributed by atoms with Crippen LogP contribution in [0.3, 0.4) is 0 Å². The quantitative estimate of drug-likeness (QED) is 0.873. The van der Waals surface area contributed by atoms with Crippen molar-refractivity contribution in [2.24, 2.45) is 0 Å². The number of rotatable bonds is 4. The smallest absolute Gasteiger partial charge is 0.123 e. The Morgan fingerprint density at radius 2 is 1.39 bits per heavy atom.